The summed E-state index contributed by atoms with van der Waals surface area (Å²) in [5, 5.41) is 0. The van der Waals surface area contributed by atoms with Gasteiger partial charge in [-0.15, -0.1) is 11.6 Å². The molecule has 0 unspecified atom stereocenters. The molecule has 0 saturated carbocycles. The van der Waals surface area contributed by atoms with Crippen LogP contribution >= 0.6 is 23.4 Å². The predicted molar refractivity (Wildman–Crippen MR) is 75.0 cm³/mol. The molecular formula is C11H25ClN2S. The highest BCUT2D eigenvalue weighted by molar-refractivity contribution is 7.97. The Hall–Kier alpha value is -0.150. The molecule has 0 spiro atoms. The number of alkyl halides is 1. The Labute approximate surface area is 104 Å². The summed E-state index contributed by atoms with van der Waals surface area (Å²) in [7, 11) is 0. The molecule has 0 bridgehead atoms. The van der Waals surface area contributed by atoms with Crippen LogP contribution < -0.4 is 0 Å². The molecule has 0 saturated heterocycles. The summed E-state index contributed by atoms with van der Waals surface area (Å²) in [5.41, 5.74) is 0. The first-order chi connectivity index (χ1) is 6.91. The summed E-state index contributed by atoms with van der Waals surface area (Å²) >= 11 is 7.28. The molecule has 0 aliphatic rings. The van der Waals surface area contributed by atoms with Crippen LogP contribution in [0.4, 0.5) is 0 Å². The summed E-state index contributed by atoms with van der Waals surface area (Å²) in [6.45, 7) is 9.86. The molecule has 0 aromatic carbocycles. The molecule has 1 rings (SSSR count). The number of aromatic amines is 1. The molecule has 0 aliphatic heterocycles. The third-order valence-electron chi connectivity index (χ3n) is 0.406. The van der Waals surface area contributed by atoms with Gasteiger partial charge in [-0.25, -0.2) is 4.98 Å². The van der Waals surface area contributed by atoms with Crippen molar-refractivity contribution >= 4 is 23.4 Å². The lowest BCUT2D eigenvalue weighted by Gasteiger charge is -2.01. The second-order valence-electron chi connectivity index (χ2n) is 3.24. The Morgan fingerprint density at radius 3 is 1.60 bits per heavy atom. The van der Waals surface area contributed by atoms with E-state index >= 15 is 0 Å². The van der Waals surface area contributed by atoms with Gasteiger partial charge in [0.05, 0.1) is 6.33 Å². The van der Waals surface area contributed by atoms with Crippen LogP contribution in [-0.4, -0.2) is 27.4 Å². The first kappa shape index (κ1) is 20.3. The topological polar surface area (TPSA) is 28.7 Å². The van der Waals surface area contributed by atoms with E-state index < -0.39 is 0 Å². The fourth-order valence-corrected chi connectivity index (χ4v) is 0.215. The standard InChI is InChI=1S/C4H9Cl.C3H4N2.C2H6S.C2H6/c1-4(2,3)5;1-2-5-3-4-1;1-3-2;1-2/h1-3H3;1-3H,(H,4,5);1-2H3;1-2H3. The quantitative estimate of drug-likeness (QED) is 0.692. The predicted octanol–water partition coefficient (Wildman–Crippen LogP) is 4.44. The van der Waals surface area contributed by atoms with E-state index in [9.17, 15) is 0 Å². The molecular weight excluding hydrogens is 228 g/mol. The lowest BCUT2D eigenvalue weighted by atomic mass is 10.3. The minimum absolute atomic E-state index is 0.0278. The van der Waals surface area contributed by atoms with E-state index in [0.29, 0.717) is 0 Å². The number of rotatable bonds is 0. The minimum Gasteiger partial charge on any atom is -0.351 e. The van der Waals surface area contributed by atoms with Crippen molar-refractivity contribution in [1.82, 2.24) is 9.97 Å². The first-order valence-corrected chi connectivity index (χ1v) is 6.94. The number of H-pyrrole nitrogens is 1. The van der Waals surface area contributed by atoms with E-state index in [1.165, 1.54) is 0 Å². The van der Waals surface area contributed by atoms with Crippen molar-refractivity contribution in [1.29, 1.82) is 0 Å². The molecule has 4 heteroatoms. The zero-order valence-electron chi connectivity index (χ0n) is 11.0. The normalized spacial score (nSPS) is 8.27. The van der Waals surface area contributed by atoms with Gasteiger partial charge < -0.3 is 4.98 Å². The average Bonchev–Trinajstić information content (AvgIpc) is 2.61. The van der Waals surface area contributed by atoms with Gasteiger partial charge >= 0.3 is 0 Å². The van der Waals surface area contributed by atoms with Gasteiger partial charge in [0, 0.05) is 17.3 Å². The molecule has 1 N–H and O–H groups in total. The Balaban J connectivity index is -0.000000137. The number of hydrogen-bond acceptors (Lipinski definition) is 2. The van der Waals surface area contributed by atoms with Crippen LogP contribution in [0.15, 0.2) is 18.7 Å². The zero-order chi connectivity index (χ0) is 12.7. The molecule has 92 valence electrons. The van der Waals surface area contributed by atoms with E-state index in [4.69, 9.17) is 11.6 Å². The Bertz CT molecular complexity index is 136. The Morgan fingerprint density at radius 2 is 1.53 bits per heavy atom. The first-order valence-electron chi connectivity index (χ1n) is 4.93. The Morgan fingerprint density at radius 1 is 1.20 bits per heavy atom. The fourth-order valence-electron chi connectivity index (χ4n) is 0.215. The summed E-state index contributed by atoms with van der Waals surface area (Å²) < 4.78 is 0. The highest BCUT2D eigenvalue weighted by Crippen LogP contribution is 2.07. The third kappa shape index (κ3) is 82.7. The highest BCUT2D eigenvalue weighted by atomic mass is 35.5. The van der Waals surface area contributed by atoms with E-state index in [-0.39, 0.29) is 4.87 Å². The summed E-state index contributed by atoms with van der Waals surface area (Å²) in [6, 6.07) is 0. The lowest BCUT2D eigenvalue weighted by Crippen LogP contribution is -1.99. The van der Waals surface area contributed by atoms with Gasteiger partial charge in [0.25, 0.3) is 0 Å². The van der Waals surface area contributed by atoms with Gasteiger partial charge in [-0.2, -0.15) is 11.8 Å². The van der Waals surface area contributed by atoms with Crippen molar-refractivity contribution < 1.29 is 0 Å². The van der Waals surface area contributed by atoms with Gasteiger partial charge in [0.2, 0.25) is 0 Å². The maximum Gasteiger partial charge on any atom is 0.0919 e. The van der Waals surface area contributed by atoms with Crippen molar-refractivity contribution in [2.75, 3.05) is 12.5 Å². The number of imidazole rings is 1. The zero-order valence-corrected chi connectivity index (χ0v) is 12.5. The van der Waals surface area contributed by atoms with Crippen LogP contribution in [0.3, 0.4) is 0 Å². The van der Waals surface area contributed by atoms with Gasteiger partial charge in [-0.05, 0) is 33.3 Å². The van der Waals surface area contributed by atoms with Crippen molar-refractivity contribution in [3.05, 3.63) is 18.7 Å². The van der Waals surface area contributed by atoms with Crippen LogP contribution in [0, 0.1) is 0 Å². The summed E-state index contributed by atoms with van der Waals surface area (Å²) in [6.07, 6.45) is 9.17. The van der Waals surface area contributed by atoms with Crippen LogP contribution in [0.1, 0.15) is 34.6 Å². The highest BCUT2D eigenvalue weighted by Gasteiger charge is 1.99. The van der Waals surface area contributed by atoms with Gasteiger partial charge in [0.1, 0.15) is 0 Å². The number of hydrogen-bond donors (Lipinski definition) is 1. The maximum absolute atomic E-state index is 5.53. The molecule has 1 aromatic rings. The van der Waals surface area contributed by atoms with Crippen LogP contribution in [0.5, 0.6) is 0 Å². The molecule has 15 heavy (non-hydrogen) atoms. The molecule has 0 atom stereocenters. The monoisotopic (exact) mass is 252 g/mol. The van der Waals surface area contributed by atoms with Gasteiger partial charge in [-0.3, -0.25) is 0 Å². The maximum atomic E-state index is 5.53. The molecule has 1 aromatic heterocycles. The second-order valence-corrected chi connectivity index (χ2v) is 5.19. The van der Waals surface area contributed by atoms with E-state index in [2.05, 4.69) is 9.97 Å². The van der Waals surface area contributed by atoms with E-state index in [1.54, 1.807) is 30.5 Å². The molecule has 2 nitrogen and oxygen atoms in total. The van der Waals surface area contributed by atoms with Gasteiger partial charge in [0.15, 0.2) is 0 Å². The number of halogens is 1. The minimum atomic E-state index is -0.0278. The molecule has 0 radical (unpaired) electrons. The average molecular weight is 253 g/mol. The van der Waals surface area contributed by atoms with Gasteiger partial charge in [-0.1, -0.05) is 13.8 Å². The van der Waals surface area contributed by atoms with E-state index in [1.807, 2.05) is 47.1 Å². The molecule has 0 fully saturated rings. The van der Waals surface area contributed by atoms with Crippen molar-refractivity contribution in [3.63, 3.8) is 0 Å². The van der Waals surface area contributed by atoms with Crippen molar-refractivity contribution in [3.8, 4) is 0 Å². The number of aromatic nitrogens is 2. The van der Waals surface area contributed by atoms with Crippen LogP contribution in [0.2, 0.25) is 0 Å². The number of nitrogens with one attached hydrogen (secondary N) is 1. The summed E-state index contributed by atoms with van der Waals surface area (Å²) in [4.78, 5) is 6.39. The Kier molecular flexibility index (Phi) is 22.0. The molecule has 0 aliphatic carbocycles. The van der Waals surface area contributed by atoms with Crippen molar-refractivity contribution in [2.45, 2.75) is 39.5 Å². The SMILES string of the molecule is CC.CC(C)(C)Cl.CSC.c1c[nH]cn1. The summed E-state index contributed by atoms with van der Waals surface area (Å²) in [5.74, 6) is 0. The smallest absolute Gasteiger partial charge is 0.0919 e. The third-order valence-corrected chi connectivity index (χ3v) is 0.406. The van der Waals surface area contributed by atoms with Crippen molar-refractivity contribution in [2.24, 2.45) is 0 Å². The second kappa shape index (κ2) is 16.3. The molecule has 1 heterocycles. The van der Waals surface area contributed by atoms with E-state index in [0.717, 1.165) is 0 Å². The largest absolute Gasteiger partial charge is 0.351 e. The lowest BCUT2D eigenvalue weighted by molar-refractivity contribution is 0.788. The van der Waals surface area contributed by atoms with Crippen LogP contribution in [0.25, 0.3) is 0 Å². The number of thioether (sulfide) groups is 1. The number of nitrogens with zero attached hydrogens (tertiary/aromatic N) is 1. The fraction of sp³-hybridized carbons (Fsp3) is 0.727. The van der Waals surface area contributed by atoms with Crippen LogP contribution in [-0.2, 0) is 0 Å². The molecule has 0 amide bonds.